The van der Waals surface area contributed by atoms with E-state index in [9.17, 15) is 0 Å². The predicted octanol–water partition coefficient (Wildman–Crippen LogP) is 2.17. The molecular formula is C9H8N2S. The van der Waals surface area contributed by atoms with Gasteiger partial charge in [-0.1, -0.05) is 6.07 Å². The Morgan fingerprint density at radius 2 is 2.42 bits per heavy atom. The molecule has 3 heteroatoms. The van der Waals surface area contributed by atoms with E-state index in [-0.39, 0.29) is 5.54 Å². The first-order chi connectivity index (χ1) is 5.87. The minimum atomic E-state index is -0.0595. The van der Waals surface area contributed by atoms with Crippen molar-refractivity contribution in [3.63, 3.8) is 0 Å². The Labute approximate surface area is 76.4 Å². The molecule has 0 radical (unpaired) electrons. The number of nitrogens with zero attached hydrogens (tertiary/aromatic N) is 2. The SMILES string of the molecule is S=C=NC1(c2cccnc2)CC1. The van der Waals surface area contributed by atoms with Crippen LogP contribution < -0.4 is 0 Å². The van der Waals surface area contributed by atoms with Crippen molar-refractivity contribution in [2.24, 2.45) is 4.99 Å². The van der Waals surface area contributed by atoms with E-state index in [1.165, 1.54) is 0 Å². The number of pyridine rings is 1. The fourth-order valence-corrected chi connectivity index (χ4v) is 1.48. The first-order valence-electron chi connectivity index (χ1n) is 3.87. The summed E-state index contributed by atoms with van der Waals surface area (Å²) in [5.41, 5.74) is 1.10. The number of aromatic nitrogens is 1. The van der Waals surface area contributed by atoms with Gasteiger partial charge in [-0.2, -0.15) is 0 Å². The summed E-state index contributed by atoms with van der Waals surface area (Å²) in [5.74, 6) is 0. The average Bonchev–Trinajstić information content (AvgIpc) is 2.88. The van der Waals surface area contributed by atoms with Crippen molar-refractivity contribution in [3.8, 4) is 0 Å². The fraction of sp³-hybridized carbons (Fsp3) is 0.333. The molecule has 2 nitrogen and oxygen atoms in total. The van der Waals surface area contributed by atoms with Crippen molar-refractivity contribution in [2.45, 2.75) is 18.4 Å². The lowest BCUT2D eigenvalue weighted by Gasteiger charge is -2.05. The van der Waals surface area contributed by atoms with Gasteiger partial charge in [0.2, 0.25) is 0 Å². The van der Waals surface area contributed by atoms with Crippen LogP contribution in [0, 0.1) is 0 Å². The molecule has 1 aliphatic rings. The van der Waals surface area contributed by atoms with E-state index in [1.807, 2.05) is 18.3 Å². The number of hydrogen-bond acceptors (Lipinski definition) is 3. The van der Waals surface area contributed by atoms with Crippen LogP contribution in [0.15, 0.2) is 29.5 Å². The van der Waals surface area contributed by atoms with Crippen LogP contribution in [-0.4, -0.2) is 10.1 Å². The van der Waals surface area contributed by atoms with Gasteiger partial charge in [0.1, 0.15) is 0 Å². The second kappa shape index (κ2) is 2.77. The zero-order valence-corrected chi connectivity index (χ0v) is 7.34. The van der Waals surface area contributed by atoms with E-state index in [4.69, 9.17) is 0 Å². The minimum Gasteiger partial charge on any atom is -0.264 e. The summed E-state index contributed by atoms with van der Waals surface area (Å²) in [4.78, 5) is 8.21. The van der Waals surface area contributed by atoms with Crippen molar-refractivity contribution >= 4 is 17.4 Å². The molecule has 0 atom stereocenters. The number of isothiocyanates is 1. The number of thiocarbonyl (C=S) groups is 1. The molecule has 2 rings (SSSR count). The Morgan fingerprint density at radius 1 is 1.58 bits per heavy atom. The summed E-state index contributed by atoms with van der Waals surface area (Å²) in [5, 5.41) is 2.45. The van der Waals surface area contributed by atoms with Gasteiger partial charge in [-0.15, -0.1) is 0 Å². The van der Waals surface area contributed by atoms with E-state index in [2.05, 4.69) is 27.4 Å². The van der Waals surface area contributed by atoms with Gasteiger partial charge < -0.3 is 0 Å². The van der Waals surface area contributed by atoms with Crippen molar-refractivity contribution in [1.29, 1.82) is 0 Å². The topological polar surface area (TPSA) is 25.2 Å². The molecule has 0 saturated heterocycles. The highest BCUT2D eigenvalue weighted by Crippen LogP contribution is 2.48. The van der Waals surface area contributed by atoms with Crippen LogP contribution in [-0.2, 0) is 5.54 Å². The molecule has 60 valence electrons. The van der Waals surface area contributed by atoms with E-state index >= 15 is 0 Å². The Hall–Kier alpha value is -1.05. The van der Waals surface area contributed by atoms with Crippen molar-refractivity contribution in [2.75, 3.05) is 0 Å². The monoisotopic (exact) mass is 176 g/mol. The van der Waals surface area contributed by atoms with Crippen LogP contribution in [0.5, 0.6) is 0 Å². The smallest absolute Gasteiger partial charge is 0.0976 e. The lowest BCUT2D eigenvalue weighted by atomic mass is 10.1. The van der Waals surface area contributed by atoms with E-state index in [0.29, 0.717) is 0 Å². The molecule has 1 fully saturated rings. The quantitative estimate of drug-likeness (QED) is 0.509. The van der Waals surface area contributed by atoms with Crippen LogP contribution in [0.1, 0.15) is 18.4 Å². The standard InChI is InChI=1S/C9H8N2S/c12-7-11-9(3-4-9)8-2-1-5-10-6-8/h1-2,5-6H,3-4H2. The molecule has 1 saturated carbocycles. The number of aliphatic imine (C=N–C) groups is 1. The largest absolute Gasteiger partial charge is 0.264 e. The lowest BCUT2D eigenvalue weighted by molar-refractivity contribution is 0.745. The number of rotatable bonds is 2. The van der Waals surface area contributed by atoms with Crippen LogP contribution >= 0.6 is 12.2 Å². The number of hydrogen-bond donors (Lipinski definition) is 0. The van der Waals surface area contributed by atoms with E-state index < -0.39 is 0 Å². The van der Waals surface area contributed by atoms with Gasteiger partial charge in [0.15, 0.2) is 0 Å². The normalized spacial score (nSPS) is 18.0. The second-order valence-corrected chi connectivity index (χ2v) is 3.16. The molecule has 0 bridgehead atoms. The van der Waals surface area contributed by atoms with Crippen LogP contribution in [0.3, 0.4) is 0 Å². The van der Waals surface area contributed by atoms with Gasteiger partial charge in [-0.05, 0) is 36.7 Å². The van der Waals surface area contributed by atoms with Crippen molar-refractivity contribution in [3.05, 3.63) is 30.1 Å². The van der Waals surface area contributed by atoms with Gasteiger partial charge in [-0.25, -0.2) is 4.99 Å². The van der Waals surface area contributed by atoms with Gasteiger partial charge in [-0.3, -0.25) is 4.98 Å². The maximum absolute atomic E-state index is 4.60. The van der Waals surface area contributed by atoms with Crippen LogP contribution in [0.4, 0.5) is 0 Å². The maximum Gasteiger partial charge on any atom is 0.0976 e. The summed E-state index contributed by atoms with van der Waals surface area (Å²) in [7, 11) is 0. The predicted molar refractivity (Wildman–Crippen MR) is 50.2 cm³/mol. The van der Waals surface area contributed by atoms with Crippen LogP contribution in [0.2, 0.25) is 0 Å². The van der Waals surface area contributed by atoms with Crippen LogP contribution in [0.25, 0.3) is 0 Å². The Morgan fingerprint density at radius 3 is 2.92 bits per heavy atom. The first kappa shape index (κ1) is 7.59. The summed E-state index contributed by atoms with van der Waals surface area (Å²) < 4.78 is 0. The Balaban J connectivity index is 2.37. The van der Waals surface area contributed by atoms with Gasteiger partial charge in [0.25, 0.3) is 0 Å². The highest BCUT2D eigenvalue weighted by atomic mass is 32.1. The van der Waals surface area contributed by atoms with Crippen molar-refractivity contribution in [1.82, 2.24) is 4.98 Å². The third kappa shape index (κ3) is 1.17. The highest BCUT2D eigenvalue weighted by molar-refractivity contribution is 7.78. The molecule has 1 aliphatic carbocycles. The van der Waals surface area contributed by atoms with Gasteiger partial charge in [0, 0.05) is 12.4 Å². The molecule has 0 aromatic carbocycles. The van der Waals surface area contributed by atoms with Gasteiger partial charge in [0.05, 0.1) is 10.7 Å². The summed E-state index contributed by atoms with van der Waals surface area (Å²) in [6.07, 6.45) is 5.76. The second-order valence-electron chi connectivity index (χ2n) is 2.98. The summed E-state index contributed by atoms with van der Waals surface area (Å²) >= 11 is 4.60. The molecule has 0 aliphatic heterocycles. The molecule has 0 amide bonds. The third-order valence-electron chi connectivity index (χ3n) is 2.18. The Kier molecular flexibility index (Phi) is 1.75. The minimum absolute atomic E-state index is 0.0595. The molecule has 0 N–H and O–H groups in total. The molecule has 0 spiro atoms. The molecule has 0 unspecified atom stereocenters. The molecular weight excluding hydrogens is 168 g/mol. The summed E-state index contributed by atoms with van der Waals surface area (Å²) in [6, 6.07) is 3.96. The molecule has 1 aromatic rings. The Bertz CT molecular complexity index is 324. The molecule has 1 heterocycles. The lowest BCUT2D eigenvalue weighted by Crippen LogP contribution is -2.01. The molecule has 1 aromatic heterocycles. The van der Waals surface area contributed by atoms with E-state index in [0.717, 1.165) is 18.4 Å². The zero-order chi connectivity index (χ0) is 8.44. The highest BCUT2D eigenvalue weighted by Gasteiger charge is 2.44. The fourth-order valence-electron chi connectivity index (χ4n) is 1.31. The average molecular weight is 176 g/mol. The zero-order valence-electron chi connectivity index (χ0n) is 6.53. The van der Waals surface area contributed by atoms with Crippen molar-refractivity contribution < 1.29 is 0 Å². The first-order valence-corrected chi connectivity index (χ1v) is 4.28. The van der Waals surface area contributed by atoms with Gasteiger partial charge >= 0.3 is 0 Å². The van der Waals surface area contributed by atoms with E-state index in [1.54, 1.807) is 6.20 Å². The summed E-state index contributed by atoms with van der Waals surface area (Å²) in [6.45, 7) is 0. The third-order valence-corrected chi connectivity index (χ3v) is 2.27. The maximum atomic E-state index is 4.60. The molecule has 12 heavy (non-hydrogen) atoms.